The van der Waals surface area contributed by atoms with Crippen molar-refractivity contribution in [1.29, 1.82) is 0 Å². The molecule has 0 spiro atoms. The molecular weight excluding hydrogens is 287 g/mol. The molecule has 0 atom stereocenters. The SMILES string of the molecule is C=C/C=C\CC(=C)CC.C=CN1C(=C)NC=C1C(=C)C(C)(C)F. The van der Waals surface area contributed by atoms with Crippen molar-refractivity contribution in [1.82, 2.24) is 10.2 Å². The average Bonchev–Trinajstić information content (AvgIpc) is 2.86. The third kappa shape index (κ3) is 7.00. The Bertz CT molecular complexity index is 530. The summed E-state index contributed by atoms with van der Waals surface area (Å²) in [7, 11) is 0. The molecular formula is C20H29FN2. The largest absolute Gasteiger partial charge is 0.346 e. The van der Waals surface area contributed by atoms with Crippen molar-refractivity contribution in [3.8, 4) is 0 Å². The second-order valence-electron chi connectivity index (χ2n) is 5.60. The zero-order chi connectivity index (χ0) is 18.0. The van der Waals surface area contributed by atoms with Crippen molar-refractivity contribution in [2.24, 2.45) is 0 Å². The second-order valence-corrected chi connectivity index (χ2v) is 5.60. The van der Waals surface area contributed by atoms with Crippen LogP contribution in [0.4, 0.5) is 4.39 Å². The predicted octanol–water partition coefficient (Wildman–Crippen LogP) is 5.74. The van der Waals surface area contributed by atoms with Gasteiger partial charge in [0.25, 0.3) is 0 Å². The van der Waals surface area contributed by atoms with Crippen molar-refractivity contribution in [3.05, 3.63) is 86.2 Å². The van der Waals surface area contributed by atoms with Gasteiger partial charge in [-0.2, -0.15) is 0 Å². The zero-order valence-electron chi connectivity index (χ0n) is 14.7. The average molecular weight is 316 g/mol. The van der Waals surface area contributed by atoms with E-state index in [1.54, 1.807) is 23.4 Å². The van der Waals surface area contributed by atoms with Gasteiger partial charge in [0.05, 0.1) is 5.70 Å². The summed E-state index contributed by atoms with van der Waals surface area (Å²) < 4.78 is 13.6. The first-order valence-corrected chi connectivity index (χ1v) is 7.59. The molecule has 0 unspecified atom stereocenters. The Labute approximate surface area is 140 Å². The summed E-state index contributed by atoms with van der Waals surface area (Å²) in [6.07, 6.45) is 11.1. The van der Waals surface area contributed by atoms with Crippen LogP contribution in [0.2, 0.25) is 0 Å². The number of nitrogens with zero attached hydrogens (tertiary/aromatic N) is 1. The summed E-state index contributed by atoms with van der Waals surface area (Å²) in [6.45, 7) is 23.6. The first-order valence-electron chi connectivity index (χ1n) is 7.59. The van der Waals surface area contributed by atoms with Gasteiger partial charge in [-0.15, -0.1) is 0 Å². The van der Waals surface area contributed by atoms with Gasteiger partial charge in [-0.1, -0.05) is 63.6 Å². The van der Waals surface area contributed by atoms with Crippen LogP contribution in [0.25, 0.3) is 0 Å². The summed E-state index contributed by atoms with van der Waals surface area (Å²) in [5, 5.41) is 2.89. The molecule has 1 aliphatic rings. The molecule has 0 saturated carbocycles. The van der Waals surface area contributed by atoms with E-state index in [1.165, 1.54) is 19.4 Å². The van der Waals surface area contributed by atoms with Gasteiger partial charge in [-0.3, -0.25) is 0 Å². The maximum Gasteiger partial charge on any atom is 0.131 e. The van der Waals surface area contributed by atoms with Crippen molar-refractivity contribution in [2.75, 3.05) is 0 Å². The van der Waals surface area contributed by atoms with Gasteiger partial charge < -0.3 is 10.2 Å². The van der Waals surface area contributed by atoms with Gasteiger partial charge in [-0.05, 0) is 26.7 Å². The van der Waals surface area contributed by atoms with Crippen molar-refractivity contribution < 1.29 is 4.39 Å². The Morgan fingerprint density at radius 2 is 1.96 bits per heavy atom. The molecule has 126 valence electrons. The highest BCUT2D eigenvalue weighted by Gasteiger charge is 2.28. The first kappa shape index (κ1) is 20.7. The van der Waals surface area contributed by atoms with Crippen LogP contribution < -0.4 is 5.32 Å². The van der Waals surface area contributed by atoms with E-state index in [4.69, 9.17) is 0 Å². The zero-order valence-corrected chi connectivity index (χ0v) is 14.7. The molecule has 1 heterocycles. The molecule has 1 rings (SSSR count). The molecule has 0 radical (unpaired) electrons. The second kappa shape index (κ2) is 9.67. The highest BCUT2D eigenvalue weighted by atomic mass is 19.1. The Hall–Kier alpha value is -2.29. The minimum absolute atomic E-state index is 0.406. The third-order valence-electron chi connectivity index (χ3n) is 3.31. The quantitative estimate of drug-likeness (QED) is 0.476. The van der Waals surface area contributed by atoms with Crippen LogP contribution in [0.5, 0.6) is 0 Å². The van der Waals surface area contributed by atoms with Crippen LogP contribution in [0.15, 0.2) is 86.2 Å². The van der Waals surface area contributed by atoms with Gasteiger partial charge in [0.15, 0.2) is 0 Å². The maximum atomic E-state index is 13.6. The lowest BCUT2D eigenvalue weighted by molar-refractivity contribution is 0.267. The minimum atomic E-state index is -1.45. The fourth-order valence-electron chi connectivity index (χ4n) is 1.66. The summed E-state index contributed by atoms with van der Waals surface area (Å²) in [4.78, 5) is 1.67. The number of rotatable bonds is 7. The lowest BCUT2D eigenvalue weighted by Crippen LogP contribution is -2.22. The molecule has 2 nitrogen and oxygen atoms in total. The van der Waals surface area contributed by atoms with E-state index < -0.39 is 5.67 Å². The number of hydrogen-bond acceptors (Lipinski definition) is 2. The van der Waals surface area contributed by atoms with E-state index in [1.807, 2.05) is 6.08 Å². The van der Waals surface area contributed by atoms with E-state index in [0.717, 1.165) is 12.8 Å². The summed E-state index contributed by atoms with van der Waals surface area (Å²) >= 11 is 0. The van der Waals surface area contributed by atoms with Crippen LogP contribution in [0, 0.1) is 0 Å². The smallest absolute Gasteiger partial charge is 0.131 e. The van der Waals surface area contributed by atoms with Crippen LogP contribution in [-0.4, -0.2) is 10.6 Å². The number of halogens is 1. The molecule has 1 aliphatic heterocycles. The van der Waals surface area contributed by atoms with Gasteiger partial charge >= 0.3 is 0 Å². The first-order chi connectivity index (χ1) is 10.7. The Morgan fingerprint density at radius 3 is 2.39 bits per heavy atom. The van der Waals surface area contributed by atoms with Crippen LogP contribution >= 0.6 is 0 Å². The van der Waals surface area contributed by atoms with Crippen LogP contribution in [-0.2, 0) is 0 Å². The normalized spacial score (nSPS) is 13.8. The van der Waals surface area contributed by atoms with Gasteiger partial charge in [-0.25, -0.2) is 4.39 Å². The highest BCUT2D eigenvalue weighted by Crippen LogP contribution is 2.31. The molecule has 0 amide bonds. The predicted molar refractivity (Wildman–Crippen MR) is 100 cm³/mol. The van der Waals surface area contributed by atoms with E-state index in [0.29, 0.717) is 17.1 Å². The lowest BCUT2D eigenvalue weighted by atomic mass is 9.99. The van der Waals surface area contributed by atoms with Crippen LogP contribution in [0.3, 0.4) is 0 Å². The van der Waals surface area contributed by atoms with Crippen LogP contribution in [0.1, 0.15) is 33.6 Å². The summed E-state index contributed by atoms with van der Waals surface area (Å²) in [5.74, 6) is 0.653. The number of alkyl halides is 1. The fourth-order valence-corrected chi connectivity index (χ4v) is 1.66. The molecule has 0 bridgehead atoms. The van der Waals surface area contributed by atoms with Crippen molar-refractivity contribution in [2.45, 2.75) is 39.3 Å². The monoisotopic (exact) mass is 316 g/mol. The van der Waals surface area contributed by atoms with Gasteiger partial charge in [0.2, 0.25) is 0 Å². The van der Waals surface area contributed by atoms with E-state index in [9.17, 15) is 4.39 Å². The lowest BCUT2D eigenvalue weighted by Gasteiger charge is -2.24. The summed E-state index contributed by atoms with van der Waals surface area (Å²) in [5.41, 5.74) is 0.897. The molecule has 0 saturated heterocycles. The summed E-state index contributed by atoms with van der Waals surface area (Å²) in [6, 6.07) is 0. The van der Waals surface area contributed by atoms with E-state index in [2.05, 4.69) is 51.2 Å². The number of hydrogen-bond donors (Lipinski definition) is 1. The van der Waals surface area contributed by atoms with E-state index >= 15 is 0 Å². The number of allylic oxidation sites excluding steroid dienone is 5. The Kier molecular flexibility index (Phi) is 8.71. The Balaban J connectivity index is 0.000000468. The van der Waals surface area contributed by atoms with E-state index in [-0.39, 0.29) is 0 Å². The molecule has 0 aromatic heterocycles. The Morgan fingerprint density at radius 1 is 1.35 bits per heavy atom. The van der Waals surface area contributed by atoms with Crippen molar-refractivity contribution >= 4 is 0 Å². The topological polar surface area (TPSA) is 15.3 Å². The third-order valence-corrected chi connectivity index (χ3v) is 3.31. The number of nitrogens with one attached hydrogen (secondary N) is 1. The molecule has 0 fully saturated rings. The van der Waals surface area contributed by atoms with Crippen molar-refractivity contribution in [3.63, 3.8) is 0 Å². The molecule has 0 aromatic rings. The van der Waals surface area contributed by atoms with Gasteiger partial charge in [0, 0.05) is 18.0 Å². The molecule has 0 aromatic carbocycles. The minimum Gasteiger partial charge on any atom is -0.346 e. The fraction of sp³-hybridized carbons (Fsp3) is 0.300. The molecule has 3 heteroatoms. The standard InChI is InChI=1S/C11H15FN2.C9H14/c1-6-14-9(3)13-7-10(14)8(2)11(4,5)12;1-4-6-7-8-9(3)5-2/h6-7,13H,1-3H2,4-5H3;4,6-7H,1,3,5,8H2,2H3/b;7-6-. The molecule has 0 aliphatic carbocycles. The highest BCUT2D eigenvalue weighted by molar-refractivity contribution is 5.40. The molecule has 1 N–H and O–H groups in total. The molecule has 23 heavy (non-hydrogen) atoms. The van der Waals surface area contributed by atoms with Gasteiger partial charge in [0.1, 0.15) is 11.5 Å². The maximum absolute atomic E-state index is 13.6.